The van der Waals surface area contributed by atoms with Crippen LogP contribution in [-0.4, -0.2) is 56.4 Å². The Bertz CT molecular complexity index is 1170. The Morgan fingerprint density at radius 2 is 1.82 bits per heavy atom. The van der Waals surface area contributed by atoms with Gasteiger partial charge in [-0.1, -0.05) is 31.2 Å². The predicted molar refractivity (Wildman–Crippen MR) is 130 cm³/mol. The summed E-state index contributed by atoms with van der Waals surface area (Å²) in [5, 5.41) is 4.23. The van der Waals surface area contributed by atoms with Gasteiger partial charge in [0.25, 0.3) is 5.56 Å². The summed E-state index contributed by atoms with van der Waals surface area (Å²) in [7, 11) is 0. The molecule has 0 spiro atoms. The van der Waals surface area contributed by atoms with Crippen LogP contribution in [0.1, 0.15) is 44.4 Å². The van der Waals surface area contributed by atoms with Gasteiger partial charge in [0.15, 0.2) is 0 Å². The highest BCUT2D eigenvalue weighted by Gasteiger charge is 2.18. The molecule has 1 saturated heterocycles. The Balaban J connectivity index is 1.41. The lowest BCUT2D eigenvalue weighted by Gasteiger charge is -2.34. The number of piperazine rings is 1. The number of benzene rings is 1. The SMILES string of the molecule is CCCn1c(=O)ccc2cnc(N[C@@H](C)c3ccc(CN4CCN(C(C)=O)CC4)cc3)nc21. The van der Waals surface area contributed by atoms with Crippen LogP contribution in [-0.2, 0) is 17.9 Å². The maximum atomic E-state index is 12.3. The van der Waals surface area contributed by atoms with E-state index in [1.165, 1.54) is 5.56 Å². The number of aryl methyl sites for hydroxylation is 1. The lowest BCUT2D eigenvalue weighted by atomic mass is 10.1. The second kappa shape index (κ2) is 10.1. The van der Waals surface area contributed by atoms with Gasteiger partial charge in [0.2, 0.25) is 11.9 Å². The topological polar surface area (TPSA) is 83.4 Å². The molecule has 0 unspecified atom stereocenters. The number of carbonyl (C=O) groups is 1. The van der Waals surface area contributed by atoms with Gasteiger partial charge < -0.3 is 10.2 Å². The summed E-state index contributed by atoms with van der Waals surface area (Å²) in [5.41, 5.74) is 3.02. The van der Waals surface area contributed by atoms with Gasteiger partial charge in [0, 0.05) is 63.8 Å². The van der Waals surface area contributed by atoms with Gasteiger partial charge in [-0.15, -0.1) is 0 Å². The Hall–Kier alpha value is -3.26. The first-order valence-corrected chi connectivity index (χ1v) is 11.6. The van der Waals surface area contributed by atoms with Crippen molar-refractivity contribution in [1.29, 1.82) is 0 Å². The molecular weight excluding hydrogens is 416 g/mol. The minimum absolute atomic E-state index is 0.0191. The van der Waals surface area contributed by atoms with Gasteiger partial charge in [-0.25, -0.2) is 4.98 Å². The third-order valence-corrected chi connectivity index (χ3v) is 6.22. The molecule has 1 N–H and O–H groups in total. The number of anilines is 1. The first kappa shape index (κ1) is 22.9. The van der Waals surface area contributed by atoms with Crippen molar-refractivity contribution in [1.82, 2.24) is 24.3 Å². The van der Waals surface area contributed by atoms with E-state index in [9.17, 15) is 9.59 Å². The molecule has 0 aliphatic carbocycles. The molecule has 4 rings (SSSR count). The maximum Gasteiger partial charge on any atom is 0.252 e. The summed E-state index contributed by atoms with van der Waals surface area (Å²) < 4.78 is 1.71. The van der Waals surface area contributed by atoms with Crippen LogP contribution in [0.15, 0.2) is 47.4 Å². The maximum absolute atomic E-state index is 12.3. The van der Waals surface area contributed by atoms with Crippen LogP contribution in [0.5, 0.6) is 0 Å². The van der Waals surface area contributed by atoms with Gasteiger partial charge in [-0.3, -0.25) is 19.1 Å². The van der Waals surface area contributed by atoms with Crippen molar-refractivity contribution in [2.75, 3.05) is 31.5 Å². The monoisotopic (exact) mass is 448 g/mol. The predicted octanol–water partition coefficient (Wildman–Crippen LogP) is 3.04. The van der Waals surface area contributed by atoms with Crippen LogP contribution in [0.3, 0.4) is 0 Å². The van der Waals surface area contributed by atoms with Gasteiger partial charge in [0.05, 0.1) is 6.04 Å². The van der Waals surface area contributed by atoms with E-state index < -0.39 is 0 Å². The fraction of sp³-hybridized carbons (Fsp3) is 0.440. The number of amides is 1. The van der Waals surface area contributed by atoms with Crippen molar-refractivity contribution < 1.29 is 4.79 Å². The molecule has 3 aromatic rings. The van der Waals surface area contributed by atoms with E-state index in [0.29, 0.717) is 18.1 Å². The molecule has 1 amide bonds. The zero-order chi connectivity index (χ0) is 23.4. The van der Waals surface area contributed by atoms with E-state index in [0.717, 1.165) is 50.1 Å². The molecule has 33 heavy (non-hydrogen) atoms. The Kier molecular flexibility index (Phi) is 7.03. The van der Waals surface area contributed by atoms with E-state index in [4.69, 9.17) is 0 Å². The van der Waals surface area contributed by atoms with E-state index in [-0.39, 0.29) is 17.5 Å². The summed E-state index contributed by atoms with van der Waals surface area (Å²) in [4.78, 5) is 37.1. The molecule has 3 heterocycles. The van der Waals surface area contributed by atoms with E-state index in [1.807, 2.05) is 11.8 Å². The molecule has 0 bridgehead atoms. The Labute approximate surface area is 194 Å². The third kappa shape index (κ3) is 5.39. The van der Waals surface area contributed by atoms with Crippen molar-refractivity contribution in [3.63, 3.8) is 0 Å². The van der Waals surface area contributed by atoms with Crippen LogP contribution < -0.4 is 10.9 Å². The fourth-order valence-corrected chi connectivity index (χ4v) is 4.25. The van der Waals surface area contributed by atoms with Crippen molar-refractivity contribution in [3.8, 4) is 0 Å². The zero-order valence-electron chi connectivity index (χ0n) is 19.6. The molecule has 2 aromatic heterocycles. The molecule has 8 nitrogen and oxygen atoms in total. The van der Waals surface area contributed by atoms with Crippen LogP contribution in [0, 0.1) is 0 Å². The smallest absolute Gasteiger partial charge is 0.252 e. The number of rotatable bonds is 7. The van der Waals surface area contributed by atoms with Gasteiger partial charge in [-0.2, -0.15) is 4.98 Å². The van der Waals surface area contributed by atoms with Crippen molar-refractivity contribution in [3.05, 3.63) is 64.1 Å². The fourth-order valence-electron chi connectivity index (χ4n) is 4.25. The first-order chi connectivity index (χ1) is 15.9. The highest BCUT2D eigenvalue weighted by molar-refractivity contribution is 5.75. The molecule has 1 aliphatic rings. The van der Waals surface area contributed by atoms with Crippen LogP contribution in [0.2, 0.25) is 0 Å². The largest absolute Gasteiger partial charge is 0.348 e. The van der Waals surface area contributed by atoms with Gasteiger partial charge in [0.1, 0.15) is 5.65 Å². The van der Waals surface area contributed by atoms with E-state index in [2.05, 4.69) is 51.4 Å². The van der Waals surface area contributed by atoms with Gasteiger partial charge in [-0.05, 0) is 30.5 Å². The molecule has 174 valence electrons. The number of pyridine rings is 1. The van der Waals surface area contributed by atoms with E-state index >= 15 is 0 Å². The summed E-state index contributed by atoms with van der Waals surface area (Å²) in [6, 6.07) is 11.9. The molecule has 0 saturated carbocycles. The van der Waals surface area contributed by atoms with Crippen LogP contribution in [0.4, 0.5) is 5.95 Å². The standard InChI is InChI=1S/C25H32N6O2/c1-4-11-31-23(33)10-9-22-16-26-25(28-24(22)31)27-18(2)21-7-5-20(6-8-21)17-29-12-14-30(15-13-29)19(3)32/h5-10,16,18H,4,11-15,17H2,1-3H3,(H,26,27,28)/t18-/m0/s1. The molecule has 1 fully saturated rings. The molecule has 1 atom stereocenters. The number of nitrogens with one attached hydrogen (secondary N) is 1. The molecular formula is C25H32N6O2. The summed E-state index contributed by atoms with van der Waals surface area (Å²) in [6.07, 6.45) is 2.62. The number of hydrogen-bond acceptors (Lipinski definition) is 6. The number of hydrogen-bond donors (Lipinski definition) is 1. The quantitative estimate of drug-likeness (QED) is 0.598. The van der Waals surface area contributed by atoms with Crippen molar-refractivity contribution >= 4 is 22.9 Å². The minimum atomic E-state index is -0.0413. The molecule has 8 heteroatoms. The number of nitrogens with zero attached hydrogens (tertiary/aromatic N) is 5. The number of carbonyl (C=O) groups excluding carboxylic acids is 1. The normalized spacial score (nSPS) is 15.5. The summed E-state index contributed by atoms with van der Waals surface area (Å²) in [6.45, 7) is 10.7. The van der Waals surface area contributed by atoms with E-state index in [1.54, 1.807) is 29.8 Å². The Morgan fingerprint density at radius 3 is 2.48 bits per heavy atom. The first-order valence-electron chi connectivity index (χ1n) is 11.6. The van der Waals surface area contributed by atoms with Crippen LogP contribution in [0.25, 0.3) is 11.0 Å². The highest BCUT2D eigenvalue weighted by Crippen LogP contribution is 2.20. The number of aromatic nitrogens is 3. The van der Waals surface area contributed by atoms with Crippen LogP contribution >= 0.6 is 0 Å². The molecule has 1 aliphatic heterocycles. The number of fused-ring (bicyclic) bond motifs is 1. The third-order valence-electron chi connectivity index (χ3n) is 6.22. The molecule has 0 radical (unpaired) electrons. The van der Waals surface area contributed by atoms with Crippen molar-refractivity contribution in [2.45, 2.75) is 46.3 Å². The highest BCUT2D eigenvalue weighted by atomic mass is 16.2. The average Bonchev–Trinajstić information content (AvgIpc) is 2.82. The lowest BCUT2D eigenvalue weighted by Crippen LogP contribution is -2.47. The van der Waals surface area contributed by atoms with Crippen molar-refractivity contribution in [2.24, 2.45) is 0 Å². The second-order valence-corrected chi connectivity index (χ2v) is 8.69. The molecule has 1 aromatic carbocycles. The summed E-state index contributed by atoms with van der Waals surface area (Å²) >= 11 is 0. The summed E-state index contributed by atoms with van der Waals surface area (Å²) in [5.74, 6) is 0.669. The second-order valence-electron chi connectivity index (χ2n) is 8.69. The lowest BCUT2D eigenvalue weighted by molar-refractivity contribution is -0.130. The zero-order valence-corrected chi connectivity index (χ0v) is 19.6. The van der Waals surface area contributed by atoms with Gasteiger partial charge >= 0.3 is 0 Å². The average molecular weight is 449 g/mol. The minimum Gasteiger partial charge on any atom is -0.348 e. The Morgan fingerprint density at radius 1 is 1.09 bits per heavy atom.